The second-order valence-electron chi connectivity index (χ2n) is 5.62. The van der Waals surface area contributed by atoms with Crippen LogP contribution >= 0.6 is 0 Å². The Labute approximate surface area is 151 Å². The number of rotatable bonds is 7. The first kappa shape index (κ1) is 19.2. The Bertz CT molecular complexity index is 804. The van der Waals surface area contributed by atoms with Crippen LogP contribution in [0.2, 0.25) is 0 Å². The van der Waals surface area contributed by atoms with E-state index in [9.17, 15) is 14.4 Å². The van der Waals surface area contributed by atoms with Crippen LogP contribution in [0.15, 0.2) is 34.7 Å². The quantitative estimate of drug-likeness (QED) is 0.791. The molecule has 26 heavy (non-hydrogen) atoms. The van der Waals surface area contributed by atoms with Gasteiger partial charge in [-0.05, 0) is 38.1 Å². The Morgan fingerprint density at radius 2 is 1.69 bits per heavy atom. The highest BCUT2D eigenvalue weighted by Gasteiger charge is 2.20. The molecule has 0 aliphatic rings. The SMILES string of the molecule is CCc1oc(C(=O)Nc2ccc(C(=O)N(CC)CC)cc2)cc1C(=O)O. The van der Waals surface area contributed by atoms with E-state index < -0.39 is 11.9 Å². The number of amides is 2. The number of furan rings is 1. The van der Waals surface area contributed by atoms with Gasteiger partial charge in [-0.25, -0.2) is 4.79 Å². The van der Waals surface area contributed by atoms with Gasteiger partial charge in [-0.3, -0.25) is 9.59 Å². The maximum atomic E-state index is 12.3. The maximum Gasteiger partial charge on any atom is 0.339 e. The van der Waals surface area contributed by atoms with Gasteiger partial charge in [0.1, 0.15) is 11.3 Å². The lowest BCUT2D eigenvalue weighted by Crippen LogP contribution is -2.30. The molecule has 2 aromatic rings. The average Bonchev–Trinajstić information content (AvgIpc) is 3.08. The maximum absolute atomic E-state index is 12.3. The van der Waals surface area contributed by atoms with Crippen LogP contribution in [0.5, 0.6) is 0 Å². The summed E-state index contributed by atoms with van der Waals surface area (Å²) in [4.78, 5) is 37.4. The van der Waals surface area contributed by atoms with Gasteiger partial charge in [-0.15, -0.1) is 0 Å². The number of nitrogens with zero attached hydrogens (tertiary/aromatic N) is 1. The van der Waals surface area contributed by atoms with Crippen molar-refractivity contribution in [2.24, 2.45) is 0 Å². The predicted octanol–water partition coefficient (Wildman–Crippen LogP) is 3.27. The molecule has 2 N–H and O–H groups in total. The van der Waals surface area contributed by atoms with Gasteiger partial charge in [0.25, 0.3) is 11.8 Å². The zero-order valence-electron chi connectivity index (χ0n) is 15.0. The van der Waals surface area contributed by atoms with E-state index in [0.717, 1.165) is 0 Å². The molecule has 7 nitrogen and oxygen atoms in total. The number of benzene rings is 1. The number of nitrogens with one attached hydrogen (secondary N) is 1. The molecule has 138 valence electrons. The third-order valence-corrected chi connectivity index (χ3v) is 4.02. The topological polar surface area (TPSA) is 99.9 Å². The van der Waals surface area contributed by atoms with Gasteiger partial charge >= 0.3 is 5.97 Å². The van der Waals surface area contributed by atoms with Crippen LogP contribution in [0, 0.1) is 0 Å². The van der Waals surface area contributed by atoms with Crippen LogP contribution < -0.4 is 5.32 Å². The van der Waals surface area contributed by atoms with Crippen molar-refractivity contribution >= 4 is 23.5 Å². The smallest absolute Gasteiger partial charge is 0.339 e. The van der Waals surface area contributed by atoms with Crippen molar-refractivity contribution in [1.29, 1.82) is 0 Å². The van der Waals surface area contributed by atoms with Crippen molar-refractivity contribution in [3.05, 3.63) is 53.0 Å². The molecule has 0 aliphatic carbocycles. The lowest BCUT2D eigenvalue weighted by molar-refractivity contribution is 0.0693. The van der Waals surface area contributed by atoms with E-state index in [4.69, 9.17) is 9.52 Å². The number of carboxylic acids is 1. The highest BCUT2D eigenvalue weighted by Crippen LogP contribution is 2.19. The second-order valence-corrected chi connectivity index (χ2v) is 5.62. The van der Waals surface area contributed by atoms with Gasteiger partial charge in [0.05, 0.1) is 0 Å². The van der Waals surface area contributed by atoms with Gasteiger partial charge in [-0.1, -0.05) is 6.92 Å². The van der Waals surface area contributed by atoms with E-state index in [1.165, 1.54) is 6.07 Å². The molecule has 0 aliphatic heterocycles. The lowest BCUT2D eigenvalue weighted by Gasteiger charge is -2.18. The Kier molecular flexibility index (Phi) is 6.16. The van der Waals surface area contributed by atoms with Crippen molar-refractivity contribution in [1.82, 2.24) is 4.90 Å². The van der Waals surface area contributed by atoms with Gasteiger partial charge in [0.2, 0.25) is 0 Å². The number of carbonyl (C=O) groups excluding carboxylic acids is 2. The fourth-order valence-electron chi connectivity index (χ4n) is 2.57. The first-order valence-electron chi connectivity index (χ1n) is 8.47. The van der Waals surface area contributed by atoms with Crippen LogP contribution in [-0.4, -0.2) is 40.9 Å². The van der Waals surface area contributed by atoms with Gasteiger partial charge < -0.3 is 19.7 Å². The average molecular weight is 358 g/mol. The summed E-state index contributed by atoms with van der Waals surface area (Å²) in [5, 5.41) is 11.8. The molecule has 1 aromatic heterocycles. The van der Waals surface area contributed by atoms with E-state index in [1.807, 2.05) is 13.8 Å². The van der Waals surface area contributed by atoms with Crippen LogP contribution in [0.3, 0.4) is 0 Å². The molecule has 1 aromatic carbocycles. The van der Waals surface area contributed by atoms with Crippen LogP contribution in [0.1, 0.15) is 57.8 Å². The Balaban J connectivity index is 2.13. The van der Waals surface area contributed by atoms with Crippen molar-refractivity contribution in [3.8, 4) is 0 Å². The summed E-state index contributed by atoms with van der Waals surface area (Å²) in [5.41, 5.74) is 1.00. The monoisotopic (exact) mass is 358 g/mol. The molecule has 1 heterocycles. The minimum absolute atomic E-state index is 0.0159. The summed E-state index contributed by atoms with van der Waals surface area (Å²) in [6.45, 7) is 6.82. The summed E-state index contributed by atoms with van der Waals surface area (Å²) in [5.74, 6) is -1.57. The number of hydrogen-bond acceptors (Lipinski definition) is 4. The number of aryl methyl sites for hydroxylation is 1. The summed E-state index contributed by atoms with van der Waals surface area (Å²) in [6, 6.07) is 7.73. The largest absolute Gasteiger partial charge is 0.478 e. The van der Waals surface area contributed by atoms with Gasteiger partial charge in [0, 0.05) is 36.8 Å². The second kappa shape index (κ2) is 8.33. The highest BCUT2D eigenvalue weighted by atomic mass is 16.4. The zero-order valence-corrected chi connectivity index (χ0v) is 15.0. The molecular weight excluding hydrogens is 336 g/mol. The van der Waals surface area contributed by atoms with Gasteiger partial charge in [-0.2, -0.15) is 0 Å². The zero-order chi connectivity index (χ0) is 19.3. The molecule has 0 saturated heterocycles. The lowest BCUT2D eigenvalue weighted by atomic mass is 10.1. The predicted molar refractivity (Wildman–Crippen MR) is 96.7 cm³/mol. The van der Waals surface area contributed by atoms with E-state index in [1.54, 1.807) is 36.1 Å². The van der Waals surface area contributed by atoms with Crippen molar-refractivity contribution < 1.29 is 23.9 Å². The summed E-state index contributed by atoms with van der Waals surface area (Å²) >= 11 is 0. The van der Waals surface area contributed by atoms with Crippen LogP contribution in [0.4, 0.5) is 5.69 Å². The molecule has 0 spiro atoms. The van der Waals surface area contributed by atoms with Crippen LogP contribution in [-0.2, 0) is 6.42 Å². The highest BCUT2D eigenvalue weighted by molar-refractivity contribution is 6.04. The Morgan fingerprint density at radius 1 is 1.08 bits per heavy atom. The van der Waals surface area contributed by atoms with Gasteiger partial charge in [0.15, 0.2) is 5.76 Å². The van der Waals surface area contributed by atoms with E-state index in [2.05, 4.69) is 5.32 Å². The number of anilines is 1. The van der Waals surface area contributed by atoms with Crippen LogP contribution in [0.25, 0.3) is 0 Å². The minimum atomic E-state index is -1.14. The number of hydrogen-bond donors (Lipinski definition) is 2. The Hall–Kier alpha value is -3.09. The minimum Gasteiger partial charge on any atom is -0.478 e. The van der Waals surface area contributed by atoms with Crippen molar-refractivity contribution in [2.45, 2.75) is 27.2 Å². The summed E-state index contributed by atoms with van der Waals surface area (Å²) in [6.07, 6.45) is 0.372. The van der Waals surface area contributed by atoms with Crippen molar-refractivity contribution in [3.63, 3.8) is 0 Å². The third-order valence-electron chi connectivity index (χ3n) is 4.02. The normalized spacial score (nSPS) is 10.4. The molecular formula is C19H22N2O5. The first-order chi connectivity index (χ1) is 12.4. The van der Waals surface area contributed by atoms with E-state index in [-0.39, 0.29) is 23.0 Å². The standard InChI is InChI=1S/C19H22N2O5/c1-4-15-14(19(24)25)11-16(26-15)17(22)20-13-9-7-12(8-10-13)18(23)21(5-2)6-3/h7-11H,4-6H2,1-3H3,(H,20,22)(H,24,25). The number of carboxylic acid groups (broad SMARTS) is 1. The summed E-state index contributed by atoms with van der Waals surface area (Å²) < 4.78 is 5.33. The molecule has 0 atom stereocenters. The fraction of sp³-hybridized carbons (Fsp3) is 0.316. The molecule has 2 rings (SSSR count). The first-order valence-corrected chi connectivity index (χ1v) is 8.47. The van der Waals surface area contributed by atoms with Crippen molar-refractivity contribution in [2.75, 3.05) is 18.4 Å². The molecule has 0 unspecified atom stereocenters. The Morgan fingerprint density at radius 3 is 2.15 bits per heavy atom. The molecule has 0 radical (unpaired) electrons. The van der Waals surface area contributed by atoms with E-state index in [0.29, 0.717) is 30.8 Å². The summed E-state index contributed by atoms with van der Waals surface area (Å²) in [7, 11) is 0. The molecule has 0 saturated carbocycles. The third kappa shape index (κ3) is 4.11. The fourth-order valence-corrected chi connectivity index (χ4v) is 2.57. The molecule has 0 bridgehead atoms. The number of aromatic carboxylic acids is 1. The van der Waals surface area contributed by atoms with E-state index >= 15 is 0 Å². The molecule has 7 heteroatoms. The molecule has 2 amide bonds. The number of carbonyl (C=O) groups is 3. The molecule has 0 fully saturated rings.